The molecule has 0 radical (unpaired) electrons. The predicted molar refractivity (Wildman–Crippen MR) is 81.3 cm³/mol. The Labute approximate surface area is 124 Å². The van der Waals surface area contributed by atoms with E-state index in [1.54, 1.807) is 19.1 Å². The maximum absolute atomic E-state index is 11.8. The van der Waals surface area contributed by atoms with Crippen LogP contribution in [-0.2, 0) is 9.53 Å². The second-order valence-electron chi connectivity index (χ2n) is 4.33. The molecule has 0 N–H and O–H groups in total. The Kier molecular flexibility index (Phi) is 4.89. The minimum absolute atomic E-state index is 0.317. The molecule has 21 heavy (non-hydrogen) atoms. The first-order valence-electron chi connectivity index (χ1n) is 6.69. The molecule has 2 aromatic carbocycles. The topological polar surface area (TPSA) is 50.1 Å². The van der Waals surface area contributed by atoms with E-state index >= 15 is 0 Å². The summed E-state index contributed by atoms with van der Waals surface area (Å²) in [5.74, 6) is -0.413. The molecule has 2 rings (SSSR count). The average Bonchev–Trinajstić information content (AvgIpc) is 2.54. The molecule has 0 amide bonds. The third-order valence-corrected chi connectivity index (χ3v) is 2.97. The van der Waals surface area contributed by atoms with Crippen molar-refractivity contribution < 1.29 is 9.53 Å². The molecule has 3 heteroatoms. The summed E-state index contributed by atoms with van der Waals surface area (Å²) in [5.41, 5.74) is 2.80. The minimum Gasteiger partial charge on any atom is -0.463 e. The first-order chi connectivity index (χ1) is 10.3. The molecule has 0 aliphatic rings. The van der Waals surface area contributed by atoms with E-state index in [4.69, 9.17) is 4.74 Å². The molecule has 0 spiro atoms. The highest BCUT2D eigenvalue weighted by Crippen LogP contribution is 2.26. The first-order valence-corrected chi connectivity index (χ1v) is 6.69. The molecule has 0 saturated heterocycles. The highest BCUT2D eigenvalue weighted by atomic mass is 16.5. The number of rotatable bonds is 4. The summed E-state index contributed by atoms with van der Waals surface area (Å²) in [6, 6.07) is 18.9. The minimum atomic E-state index is -0.413. The molecule has 104 valence electrons. The van der Waals surface area contributed by atoms with Gasteiger partial charge in [-0.25, -0.2) is 4.79 Å². The molecule has 0 bridgehead atoms. The van der Waals surface area contributed by atoms with Gasteiger partial charge < -0.3 is 4.74 Å². The second kappa shape index (κ2) is 7.06. The van der Waals surface area contributed by atoms with Gasteiger partial charge in [0.1, 0.15) is 0 Å². The van der Waals surface area contributed by atoms with E-state index in [1.807, 2.05) is 42.5 Å². The Morgan fingerprint density at radius 1 is 1.14 bits per heavy atom. The van der Waals surface area contributed by atoms with Crippen LogP contribution in [0.2, 0.25) is 0 Å². The summed E-state index contributed by atoms with van der Waals surface area (Å²) in [6.07, 6.45) is 1.44. The highest BCUT2D eigenvalue weighted by Gasteiger charge is 2.11. The van der Waals surface area contributed by atoms with Crippen molar-refractivity contribution in [3.63, 3.8) is 0 Å². The summed E-state index contributed by atoms with van der Waals surface area (Å²) in [5, 5.41) is 9.26. The Morgan fingerprint density at radius 2 is 1.81 bits per heavy atom. The SMILES string of the molecule is CCOC(=O)C=C(c1ccccc1)c1ccccc1C#N. The van der Waals surface area contributed by atoms with Gasteiger partial charge in [0.05, 0.1) is 18.2 Å². The molecule has 0 saturated carbocycles. The normalized spacial score (nSPS) is 10.8. The lowest BCUT2D eigenvalue weighted by atomic mass is 9.94. The maximum atomic E-state index is 11.8. The van der Waals surface area contributed by atoms with Gasteiger partial charge in [-0.2, -0.15) is 5.26 Å². The standard InChI is InChI=1S/C18H15NO2/c1-2-21-18(20)12-17(14-8-4-3-5-9-14)16-11-7-6-10-15(16)13-19/h3-12H,2H2,1H3. The highest BCUT2D eigenvalue weighted by molar-refractivity contribution is 5.97. The molecule has 3 nitrogen and oxygen atoms in total. The van der Waals surface area contributed by atoms with Crippen LogP contribution in [0.1, 0.15) is 23.6 Å². The van der Waals surface area contributed by atoms with Crippen LogP contribution >= 0.6 is 0 Å². The van der Waals surface area contributed by atoms with Crippen molar-refractivity contribution in [2.24, 2.45) is 0 Å². The fourth-order valence-electron chi connectivity index (χ4n) is 2.05. The molecular weight excluding hydrogens is 262 g/mol. The van der Waals surface area contributed by atoms with E-state index in [2.05, 4.69) is 6.07 Å². The van der Waals surface area contributed by atoms with Crippen LogP contribution in [0, 0.1) is 11.3 Å². The summed E-state index contributed by atoms with van der Waals surface area (Å²) in [7, 11) is 0. The van der Waals surface area contributed by atoms with Gasteiger partial charge in [0.15, 0.2) is 0 Å². The summed E-state index contributed by atoms with van der Waals surface area (Å²) < 4.78 is 4.99. The summed E-state index contributed by atoms with van der Waals surface area (Å²) in [6.45, 7) is 2.08. The Morgan fingerprint density at radius 3 is 2.48 bits per heavy atom. The maximum Gasteiger partial charge on any atom is 0.331 e. The Hall–Kier alpha value is -2.86. The van der Waals surface area contributed by atoms with Crippen molar-refractivity contribution in [2.45, 2.75) is 6.92 Å². The van der Waals surface area contributed by atoms with E-state index in [0.29, 0.717) is 17.7 Å². The average molecular weight is 277 g/mol. The van der Waals surface area contributed by atoms with Gasteiger partial charge >= 0.3 is 5.97 Å². The Balaban J connectivity index is 2.57. The number of esters is 1. The quantitative estimate of drug-likeness (QED) is 0.634. The van der Waals surface area contributed by atoms with Crippen LogP contribution in [0.4, 0.5) is 0 Å². The van der Waals surface area contributed by atoms with E-state index in [1.165, 1.54) is 6.08 Å². The van der Waals surface area contributed by atoms with Gasteiger partial charge in [-0.1, -0.05) is 48.5 Å². The van der Waals surface area contributed by atoms with Gasteiger partial charge in [-0.15, -0.1) is 0 Å². The van der Waals surface area contributed by atoms with E-state index in [-0.39, 0.29) is 0 Å². The summed E-state index contributed by atoms with van der Waals surface area (Å²) in [4.78, 5) is 11.8. The number of ether oxygens (including phenoxy) is 1. The van der Waals surface area contributed by atoms with Crippen LogP contribution in [-0.4, -0.2) is 12.6 Å². The number of benzene rings is 2. The van der Waals surface area contributed by atoms with Crippen LogP contribution in [0.3, 0.4) is 0 Å². The van der Waals surface area contributed by atoms with E-state index in [9.17, 15) is 10.1 Å². The number of nitrogens with zero attached hydrogens (tertiary/aromatic N) is 1. The fraction of sp³-hybridized carbons (Fsp3) is 0.111. The number of nitriles is 1. The molecular formula is C18H15NO2. The van der Waals surface area contributed by atoms with Gasteiger partial charge in [-0.05, 0) is 24.1 Å². The van der Waals surface area contributed by atoms with E-state index in [0.717, 1.165) is 11.1 Å². The Bertz CT molecular complexity index is 697. The zero-order valence-electron chi connectivity index (χ0n) is 11.7. The lowest BCUT2D eigenvalue weighted by Crippen LogP contribution is -2.02. The van der Waals surface area contributed by atoms with Gasteiger partial charge in [0.2, 0.25) is 0 Å². The van der Waals surface area contributed by atoms with Crippen molar-refractivity contribution in [3.05, 3.63) is 77.4 Å². The predicted octanol–water partition coefficient (Wildman–Crippen LogP) is 3.55. The van der Waals surface area contributed by atoms with Crippen molar-refractivity contribution in [3.8, 4) is 6.07 Å². The van der Waals surface area contributed by atoms with Crippen LogP contribution < -0.4 is 0 Å². The molecule has 2 aromatic rings. The smallest absolute Gasteiger partial charge is 0.331 e. The van der Waals surface area contributed by atoms with Crippen molar-refractivity contribution in [1.29, 1.82) is 5.26 Å². The zero-order valence-corrected chi connectivity index (χ0v) is 11.7. The second-order valence-corrected chi connectivity index (χ2v) is 4.33. The molecule has 0 aliphatic carbocycles. The largest absolute Gasteiger partial charge is 0.463 e. The lowest BCUT2D eigenvalue weighted by Gasteiger charge is -2.10. The molecule has 0 unspecified atom stereocenters. The van der Waals surface area contributed by atoms with Crippen molar-refractivity contribution in [1.82, 2.24) is 0 Å². The van der Waals surface area contributed by atoms with E-state index < -0.39 is 5.97 Å². The molecule has 0 atom stereocenters. The van der Waals surface area contributed by atoms with Crippen LogP contribution in [0.25, 0.3) is 5.57 Å². The molecule has 0 heterocycles. The van der Waals surface area contributed by atoms with Gasteiger partial charge in [0.25, 0.3) is 0 Å². The summed E-state index contributed by atoms with van der Waals surface area (Å²) >= 11 is 0. The number of hydrogen-bond acceptors (Lipinski definition) is 3. The third kappa shape index (κ3) is 3.58. The monoisotopic (exact) mass is 277 g/mol. The first kappa shape index (κ1) is 14.5. The van der Waals surface area contributed by atoms with Gasteiger partial charge in [-0.3, -0.25) is 0 Å². The van der Waals surface area contributed by atoms with Crippen molar-refractivity contribution in [2.75, 3.05) is 6.61 Å². The zero-order chi connectivity index (χ0) is 15.1. The van der Waals surface area contributed by atoms with Crippen LogP contribution in [0.5, 0.6) is 0 Å². The molecule has 0 aliphatic heterocycles. The number of carbonyl (C=O) groups is 1. The number of hydrogen-bond donors (Lipinski definition) is 0. The van der Waals surface area contributed by atoms with Gasteiger partial charge in [0, 0.05) is 11.6 Å². The van der Waals surface area contributed by atoms with Crippen LogP contribution in [0.15, 0.2) is 60.7 Å². The lowest BCUT2D eigenvalue weighted by molar-refractivity contribution is -0.137. The third-order valence-electron chi connectivity index (χ3n) is 2.97. The molecule has 0 aromatic heterocycles. The molecule has 0 fully saturated rings. The number of carbonyl (C=O) groups excluding carboxylic acids is 1. The fourth-order valence-corrected chi connectivity index (χ4v) is 2.05. The van der Waals surface area contributed by atoms with Crippen molar-refractivity contribution >= 4 is 11.5 Å².